The summed E-state index contributed by atoms with van der Waals surface area (Å²) in [5.41, 5.74) is -0.303. The second-order valence-corrected chi connectivity index (χ2v) is 13.6. The van der Waals surface area contributed by atoms with Crippen molar-refractivity contribution >= 4 is 27.7 Å². The summed E-state index contributed by atoms with van der Waals surface area (Å²) < 4.78 is 78.2. The normalized spacial score (nSPS) is 19.1. The maximum absolute atomic E-state index is 13.8. The minimum absolute atomic E-state index is 0.0529. The number of hydrogen-bond donors (Lipinski definition) is 2. The molecule has 48 heavy (non-hydrogen) atoms. The first-order valence-corrected chi connectivity index (χ1v) is 17.1. The Bertz CT molecular complexity index is 1860. The lowest BCUT2D eigenvalue weighted by Crippen LogP contribution is -2.32. The topological polar surface area (TPSA) is 176 Å². The number of amides is 1. The zero-order valence-corrected chi connectivity index (χ0v) is 26.5. The van der Waals surface area contributed by atoms with Gasteiger partial charge in [-0.15, -0.1) is 0 Å². The summed E-state index contributed by atoms with van der Waals surface area (Å²) in [5, 5.41) is 10.1. The van der Waals surface area contributed by atoms with Crippen LogP contribution in [-0.2, 0) is 25.5 Å². The summed E-state index contributed by atoms with van der Waals surface area (Å²) >= 11 is 0. The monoisotopic (exact) mass is 687 g/mol. The number of rotatable bonds is 8. The van der Waals surface area contributed by atoms with Gasteiger partial charge in [-0.2, -0.15) is 18.3 Å². The predicted octanol–water partition coefficient (Wildman–Crippen LogP) is 4.94. The Balaban J connectivity index is 1.02. The molecule has 4 aromatic heterocycles. The highest BCUT2D eigenvalue weighted by atomic mass is 32.2. The fourth-order valence-corrected chi connectivity index (χ4v) is 6.18. The molecule has 4 aromatic rings. The molecule has 1 aliphatic carbocycles. The van der Waals surface area contributed by atoms with Crippen LogP contribution in [0.25, 0.3) is 22.5 Å². The molecule has 6 rings (SSSR count). The van der Waals surface area contributed by atoms with Crippen LogP contribution in [0.5, 0.6) is 0 Å². The summed E-state index contributed by atoms with van der Waals surface area (Å²) in [5.74, 6) is 0.172. The van der Waals surface area contributed by atoms with Crippen LogP contribution in [0.15, 0.2) is 54.3 Å². The number of nitrogens with zero attached hydrogens (tertiary/aromatic N) is 7. The van der Waals surface area contributed by atoms with Crippen LogP contribution in [-0.4, -0.2) is 80.8 Å². The highest BCUT2D eigenvalue weighted by molar-refractivity contribution is 7.90. The molecule has 254 valence electrons. The van der Waals surface area contributed by atoms with E-state index in [2.05, 4.69) is 40.7 Å². The second-order valence-electron chi connectivity index (χ2n) is 11.6. The summed E-state index contributed by atoms with van der Waals surface area (Å²) in [6.07, 6.45) is 8.38. The van der Waals surface area contributed by atoms with Gasteiger partial charge in [-0.25, -0.2) is 28.2 Å². The summed E-state index contributed by atoms with van der Waals surface area (Å²) in [4.78, 5) is 32.8. The van der Waals surface area contributed by atoms with Gasteiger partial charge in [-0.3, -0.25) is 20.0 Å². The molecule has 0 radical (unpaired) electrons. The van der Waals surface area contributed by atoms with Crippen molar-refractivity contribution < 1.29 is 35.9 Å². The van der Waals surface area contributed by atoms with Gasteiger partial charge in [0.15, 0.2) is 15.7 Å². The lowest BCUT2D eigenvalue weighted by molar-refractivity contribution is -0.137. The maximum Gasteiger partial charge on any atom is 0.419 e. The number of nitrogens with one attached hydrogen (secondary N) is 2. The molecule has 0 aromatic carbocycles. The van der Waals surface area contributed by atoms with Crippen LogP contribution in [0, 0.1) is 0 Å². The lowest BCUT2D eigenvalue weighted by Gasteiger charge is -2.29. The molecule has 1 saturated carbocycles. The van der Waals surface area contributed by atoms with E-state index in [-0.39, 0.29) is 40.4 Å². The minimum atomic E-state index is -4.78. The van der Waals surface area contributed by atoms with Crippen LogP contribution < -0.4 is 10.6 Å². The van der Waals surface area contributed by atoms with Gasteiger partial charge in [0.2, 0.25) is 5.95 Å². The lowest BCUT2D eigenvalue weighted by atomic mass is 9.93. The molecule has 1 amide bonds. The molecule has 2 fully saturated rings. The smallest absolute Gasteiger partial charge is 0.419 e. The third-order valence-electron chi connectivity index (χ3n) is 8.13. The number of ether oxygens (including phenoxy) is 2. The molecule has 5 heterocycles. The number of carbonyl (C=O) groups excluding carboxylic acids is 1. The van der Waals surface area contributed by atoms with Gasteiger partial charge in [-0.05, 0) is 44.6 Å². The van der Waals surface area contributed by atoms with Crippen LogP contribution in [0.2, 0.25) is 0 Å². The Labute approximate surface area is 273 Å². The van der Waals surface area contributed by atoms with Gasteiger partial charge < -0.3 is 14.8 Å². The number of alkyl halides is 3. The molecular formula is C30H32F3N9O5S. The molecule has 2 N–H and O–H groups in total. The fraction of sp³-hybridized carbons (Fsp3) is 0.433. The van der Waals surface area contributed by atoms with Crippen LogP contribution in [0.3, 0.4) is 0 Å². The fourth-order valence-electron chi connectivity index (χ4n) is 5.58. The Hall–Kier alpha value is -4.71. The van der Waals surface area contributed by atoms with E-state index in [9.17, 15) is 26.4 Å². The van der Waals surface area contributed by atoms with Gasteiger partial charge in [0.05, 0.1) is 40.9 Å². The largest absolute Gasteiger partial charge is 0.446 e. The first-order chi connectivity index (χ1) is 22.9. The van der Waals surface area contributed by atoms with E-state index in [1.807, 2.05) is 10.9 Å². The summed E-state index contributed by atoms with van der Waals surface area (Å²) in [6.45, 7) is 1.41. The van der Waals surface area contributed by atoms with Crippen molar-refractivity contribution in [3.8, 4) is 22.5 Å². The number of anilines is 2. The van der Waals surface area contributed by atoms with Gasteiger partial charge >= 0.3 is 12.3 Å². The first kappa shape index (κ1) is 33.2. The van der Waals surface area contributed by atoms with Crippen molar-refractivity contribution in [2.24, 2.45) is 0 Å². The minimum Gasteiger partial charge on any atom is -0.446 e. The Morgan fingerprint density at radius 1 is 0.958 bits per heavy atom. The van der Waals surface area contributed by atoms with Crippen molar-refractivity contribution in [3.05, 3.63) is 55.0 Å². The van der Waals surface area contributed by atoms with Crippen LogP contribution in [0.4, 0.5) is 29.7 Å². The number of halogens is 3. The number of carbonyl (C=O) groups is 1. The molecule has 18 heteroatoms. The number of hydrogen-bond acceptors (Lipinski definition) is 12. The van der Waals surface area contributed by atoms with Crippen molar-refractivity contribution in [1.29, 1.82) is 0 Å². The number of aromatic nitrogens is 7. The van der Waals surface area contributed by atoms with E-state index >= 15 is 0 Å². The second kappa shape index (κ2) is 13.8. The third-order valence-corrected chi connectivity index (χ3v) is 9.21. The quantitative estimate of drug-likeness (QED) is 0.256. The van der Waals surface area contributed by atoms with Crippen molar-refractivity contribution in [2.45, 2.75) is 67.8 Å². The average molecular weight is 688 g/mol. The summed E-state index contributed by atoms with van der Waals surface area (Å²) in [6, 6.07) is 1.18. The van der Waals surface area contributed by atoms with Gasteiger partial charge in [0.1, 0.15) is 11.7 Å². The molecule has 1 aliphatic heterocycles. The van der Waals surface area contributed by atoms with E-state index in [0.717, 1.165) is 43.1 Å². The van der Waals surface area contributed by atoms with Gasteiger partial charge in [-0.1, -0.05) is 0 Å². The highest BCUT2D eigenvalue weighted by Gasteiger charge is 2.36. The van der Waals surface area contributed by atoms with Crippen molar-refractivity contribution in [3.63, 3.8) is 0 Å². The molecular weight excluding hydrogens is 655 g/mol. The standard InChI is InChI=1S/C30H32F3N9O5S/c1-48(44,45)23-10-18(11-34-13-23)27-24(30(31,32)33)14-37-28(41-27)39-20-2-4-22(5-3-20)47-29(43)40-26-16-35-25(15-36-26)19-12-38-42(17-19)21-6-8-46-9-7-21/h10-17,20-22H,2-9H2,1H3,(H,36,40,43)(H,37,39,41). The van der Waals surface area contributed by atoms with Crippen LogP contribution >= 0.6 is 0 Å². The maximum atomic E-state index is 13.8. The van der Waals surface area contributed by atoms with E-state index in [1.54, 1.807) is 12.4 Å². The molecule has 2 aliphatic rings. The average Bonchev–Trinajstić information content (AvgIpc) is 3.56. The van der Waals surface area contributed by atoms with Gasteiger partial charge in [0, 0.05) is 61.4 Å². The molecule has 0 unspecified atom stereocenters. The SMILES string of the molecule is CS(=O)(=O)c1cncc(-c2nc(NC3CCC(OC(=O)Nc4cnc(-c5cnn(C6CCOCC6)c5)cn4)CC3)ncc2C(F)(F)F)c1. The zero-order valence-electron chi connectivity index (χ0n) is 25.7. The van der Waals surface area contributed by atoms with Crippen molar-refractivity contribution in [2.75, 3.05) is 30.1 Å². The number of pyridine rings is 1. The predicted molar refractivity (Wildman–Crippen MR) is 165 cm³/mol. The van der Waals surface area contributed by atoms with Crippen molar-refractivity contribution in [1.82, 2.24) is 34.7 Å². The third kappa shape index (κ3) is 8.04. The molecule has 0 atom stereocenters. The Kier molecular flexibility index (Phi) is 9.54. The van der Waals surface area contributed by atoms with E-state index in [4.69, 9.17) is 9.47 Å². The Morgan fingerprint density at radius 3 is 2.42 bits per heavy atom. The Morgan fingerprint density at radius 2 is 1.73 bits per heavy atom. The van der Waals surface area contributed by atoms with E-state index in [1.165, 1.54) is 6.20 Å². The van der Waals surface area contributed by atoms with E-state index in [0.29, 0.717) is 50.8 Å². The first-order valence-electron chi connectivity index (χ1n) is 15.2. The molecule has 0 bridgehead atoms. The molecule has 14 nitrogen and oxygen atoms in total. The zero-order chi connectivity index (χ0) is 33.9. The van der Waals surface area contributed by atoms with E-state index < -0.39 is 33.4 Å². The highest BCUT2D eigenvalue weighted by Crippen LogP contribution is 2.37. The van der Waals surface area contributed by atoms with Crippen LogP contribution in [0.1, 0.15) is 50.1 Å². The molecule has 0 spiro atoms. The summed E-state index contributed by atoms with van der Waals surface area (Å²) in [7, 11) is -3.72. The molecule has 1 saturated heterocycles. The van der Waals surface area contributed by atoms with Gasteiger partial charge in [0.25, 0.3) is 0 Å². The number of sulfone groups is 1.